The smallest absolute Gasteiger partial charge is 0.363 e. The van der Waals surface area contributed by atoms with E-state index >= 15 is 0 Å². The largest absolute Gasteiger partial charge is 0.486 e. The second kappa shape index (κ2) is 9.97. The predicted octanol–water partition coefficient (Wildman–Crippen LogP) is 7.50. The van der Waals surface area contributed by atoms with Crippen molar-refractivity contribution in [3.05, 3.63) is 100 Å². The van der Waals surface area contributed by atoms with Crippen molar-refractivity contribution >= 4 is 88.3 Å². The molecule has 0 saturated carbocycles. The van der Waals surface area contributed by atoms with E-state index in [1.165, 1.54) is 0 Å². The van der Waals surface area contributed by atoms with Gasteiger partial charge < -0.3 is 9.47 Å². The zero-order chi connectivity index (χ0) is 22.0. The van der Waals surface area contributed by atoms with Crippen molar-refractivity contribution in [2.45, 2.75) is 6.61 Å². The van der Waals surface area contributed by atoms with Crippen molar-refractivity contribution < 1.29 is 14.3 Å². The maximum Gasteiger partial charge on any atom is 0.363 e. The molecule has 0 fully saturated rings. The van der Waals surface area contributed by atoms with E-state index in [0.29, 0.717) is 18.3 Å². The molecule has 0 radical (unpaired) electrons. The van der Waals surface area contributed by atoms with E-state index in [9.17, 15) is 4.79 Å². The Kier molecular flexibility index (Phi) is 7.30. The number of cyclic esters (lactones) is 1. The van der Waals surface area contributed by atoms with Gasteiger partial charge >= 0.3 is 5.97 Å². The molecule has 31 heavy (non-hydrogen) atoms. The van der Waals surface area contributed by atoms with Gasteiger partial charge in [0.05, 0.1) is 8.95 Å². The van der Waals surface area contributed by atoms with Gasteiger partial charge in [0.25, 0.3) is 0 Å². The Morgan fingerprint density at radius 3 is 2.35 bits per heavy atom. The van der Waals surface area contributed by atoms with E-state index in [1.807, 2.05) is 60.7 Å². The number of ether oxygens (including phenoxy) is 2. The van der Waals surface area contributed by atoms with Gasteiger partial charge in [0.1, 0.15) is 12.4 Å². The number of benzene rings is 3. The number of esters is 1. The third-order valence-electron chi connectivity index (χ3n) is 4.37. The van der Waals surface area contributed by atoms with Crippen LogP contribution in [0.15, 0.2) is 84.8 Å². The zero-order valence-electron chi connectivity index (χ0n) is 15.7. The molecule has 0 spiro atoms. The van der Waals surface area contributed by atoms with Crippen LogP contribution in [-0.2, 0) is 16.1 Å². The fourth-order valence-corrected chi connectivity index (χ4v) is 5.11. The SMILES string of the molecule is O=C1OC(c2ccc(Br)cc2)=N/C1=C\c1cc(Br)c(OCc2ccccc2I)c(Br)c1. The monoisotopic (exact) mass is 715 g/mol. The first-order valence-electron chi connectivity index (χ1n) is 9.04. The summed E-state index contributed by atoms with van der Waals surface area (Å²) in [5.74, 6) is 0.498. The van der Waals surface area contributed by atoms with E-state index < -0.39 is 5.97 Å². The average molecular weight is 718 g/mol. The summed E-state index contributed by atoms with van der Waals surface area (Å²) in [6.45, 7) is 0.448. The molecule has 8 heteroatoms. The maximum absolute atomic E-state index is 12.3. The quantitative estimate of drug-likeness (QED) is 0.156. The van der Waals surface area contributed by atoms with Gasteiger partial charge in [0.2, 0.25) is 5.90 Å². The molecule has 0 bridgehead atoms. The normalized spacial score (nSPS) is 14.5. The lowest BCUT2D eigenvalue weighted by atomic mass is 10.2. The lowest BCUT2D eigenvalue weighted by molar-refractivity contribution is -0.129. The number of hydrogen-bond donors (Lipinski definition) is 0. The molecule has 0 saturated heterocycles. The fourth-order valence-electron chi connectivity index (χ4n) is 2.85. The Morgan fingerprint density at radius 2 is 1.68 bits per heavy atom. The molecule has 1 aliphatic rings. The van der Waals surface area contributed by atoms with Gasteiger partial charge in [-0.25, -0.2) is 9.79 Å². The van der Waals surface area contributed by atoms with Crippen LogP contribution in [0.1, 0.15) is 16.7 Å². The molecule has 0 amide bonds. The molecule has 4 nitrogen and oxygen atoms in total. The molecular weight excluding hydrogens is 705 g/mol. The van der Waals surface area contributed by atoms with Gasteiger partial charge in [-0.3, -0.25) is 0 Å². The molecule has 0 N–H and O–H groups in total. The summed E-state index contributed by atoms with van der Waals surface area (Å²) in [4.78, 5) is 16.7. The number of aliphatic imine (C=N–C) groups is 1. The summed E-state index contributed by atoms with van der Waals surface area (Å²) in [6, 6.07) is 19.2. The molecule has 0 unspecified atom stereocenters. The Morgan fingerprint density at radius 1 is 1.00 bits per heavy atom. The van der Waals surface area contributed by atoms with Crippen LogP contribution >= 0.6 is 70.4 Å². The molecule has 0 aliphatic carbocycles. The van der Waals surface area contributed by atoms with Crippen LogP contribution in [-0.4, -0.2) is 11.9 Å². The van der Waals surface area contributed by atoms with Gasteiger partial charge in [0.15, 0.2) is 5.70 Å². The fraction of sp³-hybridized carbons (Fsp3) is 0.0435. The predicted molar refractivity (Wildman–Crippen MR) is 140 cm³/mol. The summed E-state index contributed by atoms with van der Waals surface area (Å²) in [6.07, 6.45) is 1.69. The summed E-state index contributed by atoms with van der Waals surface area (Å²) in [5, 5.41) is 0. The number of nitrogens with zero attached hydrogens (tertiary/aromatic N) is 1. The number of halogens is 4. The van der Waals surface area contributed by atoms with E-state index in [-0.39, 0.29) is 5.70 Å². The molecule has 156 valence electrons. The first kappa shape index (κ1) is 22.7. The van der Waals surface area contributed by atoms with Gasteiger partial charge in [-0.05, 0) is 109 Å². The molecule has 1 aliphatic heterocycles. The molecule has 4 rings (SSSR count). The van der Waals surface area contributed by atoms with Crippen molar-refractivity contribution in [3.8, 4) is 5.75 Å². The van der Waals surface area contributed by atoms with Gasteiger partial charge in [-0.15, -0.1) is 0 Å². The first-order valence-corrected chi connectivity index (χ1v) is 12.5. The van der Waals surface area contributed by atoms with Crippen LogP contribution in [0, 0.1) is 3.57 Å². The van der Waals surface area contributed by atoms with E-state index in [2.05, 4.69) is 75.4 Å². The zero-order valence-corrected chi connectivity index (χ0v) is 22.7. The van der Waals surface area contributed by atoms with Crippen LogP contribution in [0.25, 0.3) is 6.08 Å². The minimum atomic E-state index is -0.482. The highest BCUT2D eigenvalue weighted by molar-refractivity contribution is 14.1. The lowest BCUT2D eigenvalue weighted by Gasteiger charge is -2.12. The van der Waals surface area contributed by atoms with Crippen molar-refractivity contribution in [1.29, 1.82) is 0 Å². The second-order valence-corrected chi connectivity index (χ2v) is 10.3. The molecule has 3 aromatic carbocycles. The van der Waals surface area contributed by atoms with Gasteiger partial charge in [0, 0.05) is 19.2 Å². The summed E-state index contributed by atoms with van der Waals surface area (Å²) >= 11 is 12.8. The summed E-state index contributed by atoms with van der Waals surface area (Å²) in [7, 11) is 0. The van der Waals surface area contributed by atoms with Gasteiger partial charge in [-0.1, -0.05) is 34.1 Å². The molecule has 3 aromatic rings. The summed E-state index contributed by atoms with van der Waals surface area (Å²) in [5.41, 5.74) is 2.87. The highest BCUT2D eigenvalue weighted by Crippen LogP contribution is 2.36. The molecule has 0 aromatic heterocycles. The minimum Gasteiger partial charge on any atom is -0.486 e. The lowest BCUT2D eigenvalue weighted by Crippen LogP contribution is -2.05. The Hall–Kier alpha value is -1.49. The van der Waals surface area contributed by atoms with E-state index in [1.54, 1.807) is 6.08 Å². The number of rotatable bonds is 5. The number of hydrogen-bond acceptors (Lipinski definition) is 4. The topological polar surface area (TPSA) is 47.9 Å². The van der Waals surface area contributed by atoms with Crippen LogP contribution in [0.3, 0.4) is 0 Å². The Labute approximate surface area is 218 Å². The van der Waals surface area contributed by atoms with Crippen molar-refractivity contribution in [3.63, 3.8) is 0 Å². The average Bonchev–Trinajstić information content (AvgIpc) is 3.09. The number of carbonyl (C=O) groups excluding carboxylic acids is 1. The van der Waals surface area contributed by atoms with Crippen LogP contribution in [0.5, 0.6) is 5.75 Å². The molecule has 1 heterocycles. The highest BCUT2D eigenvalue weighted by atomic mass is 127. The third-order valence-corrected chi connectivity index (χ3v) is 7.12. The van der Waals surface area contributed by atoms with Crippen LogP contribution in [0.2, 0.25) is 0 Å². The van der Waals surface area contributed by atoms with Gasteiger partial charge in [-0.2, -0.15) is 0 Å². The van der Waals surface area contributed by atoms with Crippen molar-refractivity contribution in [1.82, 2.24) is 0 Å². The van der Waals surface area contributed by atoms with Crippen LogP contribution in [0.4, 0.5) is 0 Å². The number of carbonyl (C=O) groups is 1. The van der Waals surface area contributed by atoms with Crippen molar-refractivity contribution in [2.75, 3.05) is 0 Å². The van der Waals surface area contributed by atoms with E-state index in [0.717, 1.165) is 33.7 Å². The molecular formula is C23H13Br3INO3. The Bertz CT molecular complexity index is 1200. The van der Waals surface area contributed by atoms with E-state index in [4.69, 9.17) is 9.47 Å². The Balaban J connectivity index is 1.56. The summed E-state index contributed by atoms with van der Waals surface area (Å²) < 4.78 is 15.0. The maximum atomic E-state index is 12.3. The standard InChI is InChI=1S/C23H13Br3INO3/c24-16-7-5-14(6-8-16)22-28-20(23(29)31-22)11-13-9-17(25)21(18(26)10-13)30-12-15-3-1-2-4-19(15)27/h1-11H,12H2/b20-11-. The van der Waals surface area contributed by atoms with Crippen molar-refractivity contribution in [2.24, 2.45) is 4.99 Å². The first-order chi connectivity index (χ1) is 14.9. The van der Waals surface area contributed by atoms with Crippen LogP contribution < -0.4 is 4.74 Å². The minimum absolute atomic E-state index is 0.240. The second-order valence-electron chi connectivity index (χ2n) is 6.54. The highest BCUT2D eigenvalue weighted by Gasteiger charge is 2.24. The molecule has 0 atom stereocenters. The third kappa shape index (κ3) is 5.47.